The molecule has 33 heavy (non-hydrogen) atoms. The van der Waals surface area contributed by atoms with Gasteiger partial charge in [-0.25, -0.2) is 0 Å². The molecule has 0 radical (unpaired) electrons. The first-order valence-electron chi connectivity index (χ1n) is 11.2. The summed E-state index contributed by atoms with van der Waals surface area (Å²) in [5.74, 6) is 0.113. The third kappa shape index (κ3) is 4.82. The molecule has 3 aromatic rings. The van der Waals surface area contributed by atoms with E-state index >= 15 is 0 Å². The van der Waals surface area contributed by atoms with Crippen LogP contribution in [0.3, 0.4) is 0 Å². The molecule has 0 fully saturated rings. The summed E-state index contributed by atoms with van der Waals surface area (Å²) in [6, 6.07) is 23.1. The van der Waals surface area contributed by atoms with Gasteiger partial charge in [0, 0.05) is 18.3 Å². The Labute approximate surface area is 194 Å². The summed E-state index contributed by atoms with van der Waals surface area (Å²) in [4.78, 5) is 28.3. The number of aryl methyl sites for hydroxylation is 2. The number of rotatable bonds is 8. The molecule has 5 heteroatoms. The van der Waals surface area contributed by atoms with Crippen LogP contribution in [0.15, 0.2) is 78.5 Å². The van der Waals surface area contributed by atoms with Gasteiger partial charge in [-0.15, -0.1) is 0 Å². The zero-order valence-corrected chi connectivity index (χ0v) is 19.2. The Morgan fingerprint density at radius 3 is 2.36 bits per heavy atom. The lowest BCUT2D eigenvalue weighted by Crippen LogP contribution is -2.34. The highest BCUT2D eigenvalue weighted by atomic mass is 16.5. The smallest absolute Gasteiger partial charge is 0.278 e. The van der Waals surface area contributed by atoms with Crippen molar-refractivity contribution in [3.63, 3.8) is 0 Å². The summed E-state index contributed by atoms with van der Waals surface area (Å²) in [6.45, 7) is 6.82. The minimum Gasteiger partial charge on any atom is -0.494 e. The lowest BCUT2D eigenvalue weighted by molar-refractivity contribution is -0.136. The summed E-state index contributed by atoms with van der Waals surface area (Å²) < 4.78 is 5.59. The van der Waals surface area contributed by atoms with Crippen LogP contribution >= 0.6 is 0 Å². The lowest BCUT2D eigenvalue weighted by atomic mass is 9.99. The van der Waals surface area contributed by atoms with Crippen LogP contribution in [-0.4, -0.2) is 29.9 Å². The number of nitrogens with one attached hydrogen (secondary N) is 1. The zero-order chi connectivity index (χ0) is 23.4. The van der Waals surface area contributed by atoms with Gasteiger partial charge in [0.1, 0.15) is 11.4 Å². The van der Waals surface area contributed by atoms with Crippen molar-refractivity contribution in [1.29, 1.82) is 0 Å². The number of carbonyl (C=O) groups is 2. The lowest BCUT2D eigenvalue weighted by Gasteiger charge is -2.15. The molecule has 1 heterocycles. The Bertz CT molecular complexity index is 1210. The number of amides is 2. The van der Waals surface area contributed by atoms with Crippen molar-refractivity contribution in [2.24, 2.45) is 0 Å². The van der Waals surface area contributed by atoms with Gasteiger partial charge in [-0.05, 0) is 61.6 Å². The van der Waals surface area contributed by atoms with Crippen LogP contribution in [0, 0.1) is 13.8 Å². The molecule has 0 bridgehead atoms. The monoisotopic (exact) mass is 440 g/mol. The van der Waals surface area contributed by atoms with E-state index in [1.165, 1.54) is 4.90 Å². The minimum atomic E-state index is -0.314. The number of imide groups is 1. The molecule has 3 aromatic carbocycles. The fraction of sp³-hybridized carbons (Fsp3) is 0.214. The average Bonchev–Trinajstić information content (AvgIpc) is 3.04. The molecule has 0 unspecified atom stereocenters. The first kappa shape index (κ1) is 22.3. The van der Waals surface area contributed by atoms with E-state index in [2.05, 4.69) is 5.32 Å². The highest BCUT2D eigenvalue weighted by Gasteiger charge is 2.39. The third-order valence-corrected chi connectivity index (χ3v) is 5.84. The van der Waals surface area contributed by atoms with Crippen molar-refractivity contribution in [2.45, 2.75) is 27.2 Å². The first-order valence-corrected chi connectivity index (χ1v) is 11.2. The van der Waals surface area contributed by atoms with Crippen LogP contribution in [0.1, 0.15) is 29.2 Å². The van der Waals surface area contributed by atoms with E-state index in [-0.39, 0.29) is 11.8 Å². The minimum absolute atomic E-state index is 0.275. The number of benzene rings is 3. The molecule has 4 rings (SSSR count). The van der Waals surface area contributed by atoms with Gasteiger partial charge in [0.2, 0.25) is 0 Å². The van der Waals surface area contributed by atoms with E-state index in [1.54, 1.807) is 0 Å². The predicted molar refractivity (Wildman–Crippen MR) is 131 cm³/mol. The Hall–Kier alpha value is -3.86. The van der Waals surface area contributed by atoms with Crippen LogP contribution < -0.4 is 10.1 Å². The number of ether oxygens (including phenoxy) is 1. The van der Waals surface area contributed by atoms with Crippen LogP contribution in [0.2, 0.25) is 0 Å². The molecule has 1 N–H and O–H groups in total. The summed E-state index contributed by atoms with van der Waals surface area (Å²) >= 11 is 0. The van der Waals surface area contributed by atoms with Gasteiger partial charge < -0.3 is 10.1 Å². The van der Waals surface area contributed by atoms with E-state index in [0.29, 0.717) is 42.3 Å². The fourth-order valence-corrected chi connectivity index (χ4v) is 3.92. The molecule has 0 saturated heterocycles. The highest BCUT2D eigenvalue weighted by molar-refractivity contribution is 6.36. The quantitative estimate of drug-likeness (QED) is 0.493. The van der Waals surface area contributed by atoms with Gasteiger partial charge in [-0.3, -0.25) is 14.5 Å². The summed E-state index contributed by atoms with van der Waals surface area (Å²) in [5.41, 5.74) is 5.42. The molecule has 1 aliphatic heterocycles. The molecule has 0 spiro atoms. The molecule has 1 aliphatic rings. The van der Waals surface area contributed by atoms with Crippen molar-refractivity contribution in [3.8, 4) is 5.75 Å². The molecule has 5 nitrogen and oxygen atoms in total. The van der Waals surface area contributed by atoms with Gasteiger partial charge in [0.05, 0.1) is 12.2 Å². The Kier molecular flexibility index (Phi) is 6.59. The summed E-state index contributed by atoms with van der Waals surface area (Å²) in [7, 11) is 0. The number of hydrogen-bond donors (Lipinski definition) is 1. The van der Waals surface area contributed by atoms with Crippen LogP contribution in [0.5, 0.6) is 5.75 Å². The standard InChI is InChI=1S/C28H28N2O3/c1-4-33-24-12-8-11-23(18-24)29-26-25(22-14-13-19(2)20(3)17-22)27(31)30(28(26)32)16-15-21-9-6-5-7-10-21/h5-14,17-18,29H,4,15-16H2,1-3H3. The maximum atomic E-state index is 13.5. The van der Waals surface area contributed by atoms with Gasteiger partial charge >= 0.3 is 0 Å². The molecular weight excluding hydrogens is 412 g/mol. The maximum Gasteiger partial charge on any atom is 0.278 e. The molecule has 0 aliphatic carbocycles. The summed E-state index contributed by atoms with van der Waals surface area (Å²) in [6.07, 6.45) is 0.603. The normalized spacial score (nSPS) is 13.6. The van der Waals surface area contributed by atoms with E-state index in [0.717, 1.165) is 22.3 Å². The summed E-state index contributed by atoms with van der Waals surface area (Å²) in [5, 5.41) is 3.22. The van der Waals surface area contributed by atoms with Gasteiger partial charge in [-0.1, -0.05) is 54.6 Å². The Balaban J connectivity index is 1.69. The van der Waals surface area contributed by atoms with E-state index in [1.807, 2.05) is 93.6 Å². The topological polar surface area (TPSA) is 58.6 Å². The fourth-order valence-electron chi connectivity index (χ4n) is 3.92. The second-order valence-corrected chi connectivity index (χ2v) is 8.13. The Morgan fingerprint density at radius 2 is 1.64 bits per heavy atom. The zero-order valence-electron chi connectivity index (χ0n) is 19.2. The van der Waals surface area contributed by atoms with Gasteiger partial charge in [0.25, 0.3) is 11.8 Å². The van der Waals surface area contributed by atoms with Crippen molar-refractivity contribution >= 4 is 23.1 Å². The van der Waals surface area contributed by atoms with E-state index < -0.39 is 0 Å². The van der Waals surface area contributed by atoms with Gasteiger partial charge in [-0.2, -0.15) is 0 Å². The maximum absolute atomic E-state index is 13.5. The van der Waals surface area contributed by atoms with Crippen LogP contribution in [0.4, 0.5) is 5.69 Å². The van der Waals surface area contributed by atoms with Crippen molar-refractivity contribution in [1.82, 2.24) is 4.90 Å². The van der Waals surface area contributed by atoms with Crippen LogP contribution in [0.25, 0.3) is 5.57 Å². The van der Waals surface area contributed by atoms with E-state index in [4.69, 9.17) is 4.74 Å². The first-order chi connectivity index (χ1) is 16.0. The van der Waals surface area contributed by atoms with Gasteiger partial charge in [0.15, 0.2) is 0 Å². The number of carbonyl (C=O) groups excluding carboxylic acids is 2. The number of hydrogen-bond acceptors (Lipinski definition) is 4. The van der Waals surface area contributed by atoms with E-state index in [9.17, 15) is 9.59 Å². The molecule has 0 atom stereocenters. The predicted octanol–water partition coefficient (Wildman–Crippen LogP) is 5.14. The van der Waals surface area contributed by atoms with Crippen molar-refractivity contribution in [2.75, 3.05) is 18.5 Å². The SMILES string of the molecule is CCOc1cccc(NC2=C(c3ccc(C)c(C)c3)C(=O)N(CCc3ccccc3)C2=O)c1. The largest absolute Gasteiger partial charge is 0.494 e. The third-order valence-electron chi connectivity index (χ3n) is 5.84. The highest BCUT2D eigenvalue weighted by Crippen LogP contribution is 2.32. The molecule has 0 aromatic heterocycles. The molecule has 0 saturated carbocycles. The number of nitrogens with zero attached hydrogens (tertiary/aromatic N) is 1. The second kappa shape index (κ2) is 9.74. The Morgan fingerprint density at radius 1 is 0.848 bits per heavy atom. The van der Waals surface area contributed by atoms with Crippen molar-refractivity contribution < 1.29 is 14.3 Å². The van der Waals surface area contributed by atoms with Crippen molar-refractivity contribution in [3.05, 3.63) is 101 Å². The molecular formula is C28H28N2O3. The average molecular weight is 441 g/mol. The molecule has 2 amide bonds. The number of anilines is 1. The van der Waals surface area contributed by atoms with Crippen LogP contribution in [-0.2, 0) is 16.0 Å². The molecule has 168 valence electrons. The second-order valence-electron chi connectivity index (χ2n) is 8.13.